The van der Waals surface area contributed by atoms with Gasteiger partial charge in [-0.1, -0.05) is 27.7 Å². The first kappa shape index (κ1) is 40.8. The molecule has 4 aliphatic heterocycles. The molecule has 4 fully saturated rings. The molecule has 18 atom stereocenters. The van der Waals surface area contributed by atoms with Gasteiger partial charge in [-0.2, -0.15) is 0 Å². The molecule has 4 rings (SSSR count). The number of aliphatic hydroxyl groups excluding tert-OH is 2. The molecule has 12 nitrogen and oxygen atoms in total. The van der Waals surface area contributed by atoms with Crippen LogP contribution in [0, 0.1) is 23.7 Å². The Morgan fingerprint density at radius 3 is 2.22 bits per heavy atom. The first-order valence-electron chi connectivity index (χ1n) is 18.5. The number of ether oxygens (including phenoxy) is 7. The summed E-state index contributed by atoms with van der Waals surface area (Å²) in [5, 5.41) is 34.1. The van der Waals surface area contributed by atoms with Crippen molar-refractivity contribution in [2.45, 2.75) is 186 Å². The number of rotatable bonds is 4. The fourth-order valence-corrected chi connectivity index (χ4v) is 9.05. The van der Waals surface area contributed by atoms with E-state index in [-0.39, 0.29) is 36.9 Å². The molecule has 286 valence electrons. The summed E-state index contributed by atoms with van der Waals surface area (Å²) in [5.41, 5.74) is -3.47. The van der Waals surface area contributed by atoms with Crippen molar-refractivity contribution >= 4 is 5.97 Å². The highest BCUT2D eigenvalue weighted by Gasteiger charge is 2.56. The van der Waals surface area contributed by atoms with Gasteiger partial charge in [0, 0.05) is 32.0 Å². The number of carbonyl (C=O) groups is 1. The van der Waals surface area contributed by atoms with Crippen LogP contribution in [0.5, 0.6) is 0 Å². The van der Waals surface area contributed by atoms with Crippen LogP contribution in [0.2, 0.25) is 0 Å². The summed E-state index contributed by atoms with van der Waals surface area (Å²) in [7, 11) is 3.49. The van der Waals surface area contributed by atoms with Gasteiger partial charge in [-0.3, -0.25) is 4.79 Å². The largest absolute Gasteiger partial charge is 0.459 e. The van der Waals surface area contributed by atoms with Crippen LogP contribution >= 0.6 is 0 Å². The second-order valence-corrected chi connectivity index (χ2v) is 16.7. The highest BCUT2D eigenvalue weighted by molar-refractivity contribution is 5.73. The molecule has 0 aliphatic carbocycles. The lowest BCUT2D eigenvalue weighted by Gasteiger charge is -2.55. The zero-order chi connectivity index (χ0) is 36.8. The number of likely N-dealkylation sites (N-methyl/N-ethyl adjacent to an activating group) is 1. The highest BCUT2D eigenvalue weighted by atomic mass is 16.7. The molecule has 0 spiro atoms. The smallest absolute Gasteiger partial charge is 0.311 e. The Balaban J connectivity index is 1.80. The molecule has 0 bridgehead atoms. The van der Waals surface area contributed by atoms with Gasteiger partial charge in [0.2, 0.25) is 0 Å². The summed E-state index contributed by atoms with van der Waals surface area (Å²) in [6, 6.07) is -0.441. The molecule has 3 N–H and O–H groups in total. The van der Waals surface area contributed by atoms with E-state index < -0.39 is 89.9 Å². The number of methoxy groups -OCH3 is 1. The maximum absolute atomic E-state index is 14.2. The quantitative estimate of drug-likeness (QED) is 0.368. The summed E-state index contributed by atoms with van der Waals surface area (Å²) in [6.45, 7) is 21.6. The number of hydrogen-bond acceptors (Lipinski definition) is 12. The average molecular weight is 702 g/mol. The van der Waals surface area contributed by atoms with Crippen LogP contribution in [0.15, 0.2) is 0 Å². The van der Waals surface area contributed by atoms with Crippen molar-refractivity contribution in [3.63, 3.8) is 0 Å². The van der Waals surface area contributed by atoms with Crippen molar-refractivity contribution in [3.8, 4) is 0 Å². The Morgan fingerprint density at radius 2 is 1.61 bits per heavy atom. The van der Waals surface area contributed by atoms with Gasteiger partial charge < -0.3 is 53.4 Å². The molecule has 4 saturated heterocycles. The monoisotopic (exact) mass is 701 g/mol. The minimum Gasteiger partial charge on any atom is -0.459 e. The van der Waals surface area contributed by atoms with Crippen LogP contribution in [-0.2, 0) is 38.0 Å². The summed E-state index contributed by atoms with van der Waals surface area (Å²) in [5.74, 6) is -1.57. The Hall–Kier alpha value is -0.930. The summed E-state index contributed by atoms with van der Waals surface area (Å²) < 4.78 is 45.2. The molecule has 0 aromatic heterocycles. The van der Waals surface area contributed by atoms with Gasteiger partial charge in [0.25, 0.3) is 0 Å². The molecular formula is C37H67NO11. The molecule has 4 heterocycles. The summed E-state index contributed by atoms with van der Waals surface area (Å²) >= 11 is 0. The molecule has 0 saturated carbocycles. The predicted molar refractivity (Wildman–Crippen MR) is 183 cm³/mol. The van der Waals surface area contributed by atoms with Crippen LogP contribution in [0.4, 0.5) is 0 Å². The van der Waals surface area contributed by atoms with Gasteiger partial charge in [-0.05, 0) is 86.6 Å². The van der Waals surface area contributed by atoms with E-state index in [1.54, 1.807) is 21.0 Å². The second-order valence-electron chi connectivity index (χ2n) is 16.7. The van der Waals surface area contributed by atoms with Crippen molar-refractivity contribution in [2.75, 3.05) is 20.7 Å². The fourth-order valence-electron chi connectivity index (χ4n) is 9.05. The molecule has 0 aromatic rings. The van der Waals surface area contributed by atoms with E-state index in [1.807, 2.05) is 46.6 Å². The molecule has 0 unspecified atom stereocenters. The molecule has 0 amide bonds. The first-order chi connectivity index (χ1) is 22.7. The van der Waals surface area contributed by atoms with E-state index in [0.29, 0.717) is 13.0 Å². The first-order valence-corrected chi connectivity index (χ1v) is 18.5. The fraction of sp³-hybridized carbons (Fsp3) is 0.973. The third-order valence-corrected chi connectivity index (χ3v) is 12.2. The van der Waals surface area contributed by atoms with E-state index in [4.69, 9.17) is 33.2 Å². The number of esters is 1. The van der Waals surface area contributed by atoms with E-state index >= 15 is 0 Å². The van der Waals surface area contributed by atoms with E-state index in [1.165, 1.54) is 6.92 Å². The Bertz CT molecular complexity index is 1110. The molecule has 49 heavy (non-hydrogen) atoms. The standard InChI is InChI=1S/C37H67NO11/c1-14-26-37(11,42)30(39)24(7)38(12)18-19(2)16-36(10)32(48-34-28(49-36)20(3)15-21(4)44-34)22(5)29(23(6)33(41)46-26)47-27-17-35(9,43-13)31(40)25(8)45-27/h19-32,34,39-40,42H,14-18H2,1-13H3/t19-,20+,21-,22+,23-,24-,25+,26-,27+,28-,29+,30-,31+,32-,34+,35-,36-,37-/m1/s1. The van der Waals surface area contributed by atoms with Gasteiger partial charge >= 0.3 is 5.97 Å². The van der Waals surface area contributed by atoms with E-state index in [9.17, 15) is 20.1 Å². The Labute approximate surface area is 294 Å². The van der Waals surface area contributed by atoms with Crippen LogP contribution in [-0.4, -0.2) is 131 Å². The summed E-state index contributed by atoms with van der Waals surface area (Å²) in [6.07, 6.45) is -4.73. The molecular weight excluding hydrogens is 634 g/mol. The van der Waals surface area contributed by atoms with Gasteiger partial charge in [-0.25, -0.2) is 0 Å². The van der Waals surface area contributed by atoms with Crippen LogP contribution in [0.25, 0.3) is 0 Å². The number of fused-ring (bicyclic) bond motifs is 2. The Kier molecular flexibility index (Phi) is 13.0. The molecule has 0 aromatic carbocycles. The van der Waals surface area contributed by atoms with Crippen molar-refractivity contribution < 1.29 is 53.3 Å². The van der Waals surface area contributed by atoms with Gasteiger partial charge in [0.05, 0.1) is 41.5 Å². The van der Waals surface area contributed by atoms with Crippen LogP contribution in [0.1, 0.15) is 102 Å². The van der Waals surface area contributed by atoms with Gasteiger partial charge in [-0.15, -0.1) is 0 Å². The van der Waals surface area contributed by atoms with Crippen molar-refractivity contribution in [1.29, 1.82) is 0 Å². The molecule has 0 radical (unpaired) electrons. The second kappa shape index (κ2) is 15.6. The van der Waals surface area contributed by atoms with E-state index in [0.717, 1.165) is 6.42 Å². The average Bonchev–Trinajstić information content (AvgIpc) is 3.02. The zero-order valence-corrected chi connectivity index (χ0v) is 32.3. The zero-order valence-electron chi connectivity index (χ0n) is 32.3. The molecule has 4 aliphatic rings. The van der Waals surface area contributed by atoms with Crippen LogP contribution in [0.3, 0.4) is 0 Å². The number of aliphatic hydroxyl groups is 3. The Morgan fingerprint density at radius 1 is 0.959 bits per heavy atom. The minimum atomic E-state index is -1.73. The van der Waals surface area contributed by atoms with Gasteiger partial charge in [0.15, 0.2) is 12.6 Å². The summed E-state index contributed by atoms with van der Waals surface area (Å²) in [4.78, 5) is 16.2. The highest BCUT2D eigenvalue weighted by Crippen LogP contribution is 2.46. The number of cyclic esters (lactones) is 1. The normalized spacial score (nSPS) is 52.7. The molecule has 12 heteroatoms. The minimum absolute atomic E-state index is 0.00254. The third-order valence-electron chi connectivity index (χ3n) is 12.2. The van der Waals surface area contributed by atoms with E-state index in [2.05, 4.69) is 20.8 Å². The van der Waals surface area contributed by atoms with Crippen molar-refractivity contribution in [1.82, 2.24) is 4.90 Å². The van der Waals surface area contributed by atoms with Crippen molar-refractivity contribution in [2.24, 2.45) is 23.7 Å². The van der Waals surface area contributed by atoms with Crippen LogP contribution < -0.4 is 0 Å². The topological polar surface area (TPSA) is 146 Å². The predicted octanol–water partition coefficient (Wildman–Crippen LogP) is 3.65. The SMILES string of the molecule is CC[C@H]1OC(=O)[C@H](C)[C@@H](O[C@H]2C[C@@](C)(OC)[C@@H](O)[C@H](C)O2)[C@H](C)[C@H]2O[C@@H]3O[C@H](C)C[C@H](C)[C@H]3O[C@]2(C)C[C@@H](C)CN(C)[C@H](C)[C@@H](O)[C@]1(C)O. The lowest BCUT2D eigenvalue weighted by atomic mass is 9.76. The maximum Gasteiger partial charge on any atom is 0.311 e. The maximum atomic E-state index is 14.2. The van der Waals surface area contributed by atoms with Crippen molar-refractivity contribution in [3.05, 3.63) is 0 Å². The lowest BCUT2D eigenvalue weighted by molar-refractivity contribution is -0.378. The lowest BCUT2D eigenvalue weighted by Crippen LogP contribution is -2.65. The third kappa shape index (κ3) is 8.34. The van der Waals surface area contributed by atoms with Gasteiger partial charge in [0.1, 0.15) is 30.0 Å². The number of carbonyl (C=O) groups excluding carboxylic acids is 1. The number of hydrogen-bond donors (Lipinski definition) is 3. The number of nitrogens with zero attached hydrogens (tertiary/aromatic N) is 1.